The third kappa shape index (κ3) is 7.38. The van der Waals surface area contributed by atoms with Crippen LogP contribution >= 0.6 is 0 Å². The number of carbonyl (C=O) groups is 2. The molecule has 0 spiro atoms. The van der Waals surface area contributed by atoms with Crippen molar-refractivity contribution in [2.75, 3.05) is 24.5 Å². The molecule has 0 aromatic heterocycles. The van der Waals surface area contributed by atoms with Crippen molar-refractivity contribution in [1.82, 2.24) is 10.2 Å². The molecule has 0 bridgehead atoms. The molecule has 39 heavy (non-hydrogen) atoms. The molecule has 1 N–H and O–H groups in total. The zero-order chi connectivity index (χ0) is 28.6. The second-order valence-electron chi connectivity index (χ2n) is 9.36. The molecule has 0 aliphatic rings. The normalized spacial score (nSPS) is 11.9. The average Bonchev–Trinajstić information content (AvgIpc) is 2.91. The molecule has 8 nitrogen and oxygen atoms in total. The molecule has 0 heterocycles. The van der Waals surface area contributed by atoms with E-state index in [9.17, 15) is 18.0 Å². The minimum Gasteiger partial charge on any atom is -0.497 e. The summed E-state index contributed by atoms with van der Waals surface area (Å²) in [5.74, 6) is -0.163. The first-order chi connectivity index (χ1) is 18.6. The van der Waals surface area contributed by atoms with E-state index in [1.165, 1.54) is 17.0 Å². The van der Waals surface area contributed by atoms with Crippen LogP contribution in [0, 0.1) is 13.8 Å². The topological polar surface area (TPSA) is 96.0 Å². The number of aryl methyl sites for hydroxylation is 2. The minimum absolute atomic E-state index is 0.0760. The van der Waals surface area contributed by atoms with Gasteiger partial charge in [-0.25, -0.2) is 8.42 Å². The molecule has 0 saturated heterocycles. The van der Waals surface area contributed by atoms with E-state index < -0.39 is 28.5 Å². The fraction of sp³-hybridized carbons (Fsp3) is 0.333. The maximum absolute atomic E-state index is 14.1. The Bertz CT molecular complexity index is 1370. The molecule has 0 radical (unpaired) electrons. The van der Waals surface area contributed by atoms with Crippen molar-refractivity contribution < 1.29 is 22.7 Å². The zero-order valence-corrected chi connectivity index (χ0v) is 24.0. The Morgan fingerprint density at radius 3 is 2.18 bits per heavy atom. The lowest BCUT2D eigenvalue weighted by Gasteiger charge is -2.33. The number of hydrogen-bond acceptors (Lipinski definition) is 5. The van der Waals surface area contributed by atoms with Gasteiger partial charge in [0.15, 0.2) is 0 Å². The van der Waals surface area contributed by atoms with E-state index >= 15 is 0 Å². The fourth-order valence-corrected chi connectivity index (χ4v) is 5.94. The smallest absolute Gasteiger partial charge is 0.264 e. The third-order valence-corrected chi connectivity index (χ3v) is 8.12. The molecule has 2 amide bonds. The molecule has 208 valence electrons. The SMILES string of the molecule is CCNC(=O)C(CC)N(Cc1cccc(OC)c1)C(=O)CN(c1cc(C)cc(C)c1)S(=O)(=O)c1ccccc1. The molecular weight excluding hydrogens is 514 g/mol. The number of amides is 2. The lowest BCUT2D eigenvalue weighted by Crippen LogP contribution is -2.52. The Labute approximate surface area is 231 Å². The minimum atomic E-state index is -4.10. The molecule has 3 aromatic carbocycles. The number of anilines is 1. The number of nitrogens with zero attached hydrogens (tertiary/aromatic N) is 2. The van der Waals surface area contributed by atoms with Gasteiger partial charge in [-0.15, -0.1) is 0 Å². The van der Waals surface area contributed by atoms with Crippen molar-refractivity contribution in [2.24, 2.45) is 0 Å². The van der Waals surface area contributed by atoms with Crippen molar-refractivity contribution in [3.05, 3.63) is 89.5 Å². The molecule has 3 rings (SSSR count). The summed E-state index contributed by atoms with van der Waals surface area (Å²) in [5, 5.41) is 2.81. The Morgan fingerprint density at radius 1 is 0.923 bits per heavy atom. The zero-order valence-electron chi connectivity index (χ0n) is 23.2. The van der Waals surface area contributed by atoms with Crippen molar-refractivity contribution in [1.29, 1.82) is 0 Å². The summed E-state index contributed by atoms with van der Waals surface area (Å²) in [4.78, 5) is 28.6. The van der Waals surface area contributed by atoms with Crippen LogP contribution in [-0.4, -0.2) is 51.4 Å². The second kappa shape index (κ2) is 13.3. The fourth-order valence-electron chi connectivity index (χ4n) is 4.52. The van der Waals surface area contributed by atoms with E-state index in [4.69, 9.17) is 4.74 Å². The van der Waals surface area contributed by atoms with E-state index in [1.54, 1.807) is 49.6 Å². The molecule has 0 fully saturated rings. The number of hydrogen-bond donors (Lipinski definition) is 1. The number of benzene rings is 3. The summed E-state index contributed by atoms with van der Waals surface area (Å²) in [6.07, 6.45) is 0.358. The quantitative estimate of drug-likeness (QED) is 0.359. The van der Waals surface area contributed by atoms with Gasteiger partial charge >= 0.3 is 0 Å². The number of nitrogens with one attached hydrogen (secondary N) is 1. The molecule has 0 aliphatic carbocycles. The highest BCUT2D eigenvalue weighted by molar-refractivity contribution is 7.92. The highest BCUT2D eigenvalue weighted by Crippen LogP contribution is 2.27. The van der Waals surface area contributed by atoms with Crippen molar-refractivity contribution in [2.45, 2.75) is 51.6 Å². The predicted octanol–water partition coefficient (Wildman–Crippen LogP) is 4.45. The van der Waals surface area contributed by atoms with Crippen LogP contribution in [0.3, 0.4) is 0 Å². The molecule has 9 heteroatoms. The predicted molar refractivity (Wildman–Crippen MR) is 153 cm³/mol. The second-order valence-corrected chi connectivity index (χ2v) is 11.2. The van der Waals surface area contributed by atoms with Gasteiger partial charge in [0.2, 0.25) is 11.8 Å². The van der Waals surface area contributed by atoms with Gasteiger partial charge in [-0.1, -0.05) is 43.3 Å². The molecule has 1 unspecified atom stereocenters. The first kappa shape index (κ1) is 29.7. The number of likely N-dealkylation sites (N-methyl/N-ethyl adjacent to an activating group) is 1. The molecule has 0 aliphatic heterocycles. The highest BCUT2D eigenvalue weighted by Gasteiger charge is 2.33. The largest absolute Gasteiger partial charge is 0.497 e. The van der Waals surface area contributed by atoms with Crippen LogP contribution < -0.4 is 14.4 Å². The Kier molecular flexibility index (Phi) is 10.1. The van der Waals surface area contributed by atoms with E-state index in [2.05, 4.69) is 5.32 Å². The van der Waals surface area contributed by atoms with Gasteiger partial charge in [-0.05, 0) is 80.3 Å². The van der Waals surface area contributed by atoms with Gasteiger partial charge in [-0.2, -0.15) is 0 Å². The lowest BCUT2D eigenvalue weighted by molar-refractivity contribution is -0.140. The number of rotatable bonds is 12. The molecular formula is C30H37N3O5S. The van der Waals surface area contributed by atoms with Crippen molar-refractivity contribution >= 4 is 27.5 Å². The monoisotopic (exact) mass is 551 g/mol. The van der Waals surface area contributed by atoms with Crippen molar-refractivity contribution in [3.63, 3.8) is 0 Å². The number of ether oxygens (including phenoxy) is 1. The third-order valence-electron chi connectivity index (χ3n) is 6.33. The van der Waals surface area contributed by atoms with Crippen LogP contribution in [0.4, 0.5) is 5.69 Å². The highest BCUT2D eigenvalue weighted by atomic mass is 32.2. The Balaban J connectivity index is 2.09. The summed E-state index contributed by atoms with van der Waals surface area (Å²) in [6, 6.07) is 19.9. The van der Waals surface area contributed by atoms with Crippen LogP contribution in [0.5, 0.6) is 5.75 Å². The summed E-state index contributed by atoms with van der Waals surface area (Å²) in [7, 11) is -2.54. The Hall–Kier alpha value is -3.85. The van der Waals surface area contributed by atoms with Gasteiger partial charge in [0.25, 0.3) is 10.0 Å². The van der Waals surface area contributed by atoms with Gasteiger partial charge in [0, 0.05) is 13.1 Å². The molecule has 0 saturated carbocycles. The lowest BCUT2D eigenvalue weighted by atomic mass is 10.1. The maximum Gasteiger partial charge on any atom is 0.264 e. The van der Waals surface area contributed by atoms with Crippen LogP contribution in [0.1, 0.15) is 37.0 Å². The van der Waals surface area contributed by atoms with Gasteiger partial charge in [-0.3, -0.25) is 13.9 Å². The van der Waals surface area contributed by atoms with Crippen LogP contribution in [-0.2, 0) is 26.2 Å². The molecule has 3 aromatic rings. The van der Waals surface area contributed by atoms with E-state index in [0.29, 0.717) is 24.4 Å². The summed E-state index contributed by atoms with van der Waals surface area (Å²) >= 11 is 0. The van der Waals surface area contributed by atoms with Crippen LogP contribution in [0.2, 0.25) is 0 Å². The van der Waals surface area contributed by atoms with Gasteiger partial charge in [0.1, 0.15) is 18.3 Å². The first-order valence-corrected chi connectivity index (χ1v) is 14.4. The maximum atomic E-state index is 14.1. The Morgan fingerprint density at radius 2 is 1.59 bits per heavy atom. The standard InChI is InChI=1S/C30H37N3O5S/c1-6-28(30(35)31-7-2)32(20-24-12-11-13-26(19-24)38-5)29(34)21-33(25-17-22(3)16-23(4)18-25)39(36,37)27-14-9-8-10-15-27/h8-19,28H,6-7,20-21H2,1-5H3,(H,31,35). The number of carbonyl (C=O) groups excluding carboxylic acids is 2. The van der Waals surface area contributed by atoms with E-state index in [0.717, 1.165) is 21.0 Å². The van der Waals surface area contributed by atoms with E-state index in [-0.39, 0.29) is 17.3 Å². The van der Waals surface area contributed by atoms with Gasteiger partial charge < -0.3 is 15.0 Å². The van der Waals surface area contributed by atoms with Crippen LogP contribution in [0.15, 0.2) is 77.7 Å². The number of methoxy groups -OCH3 is 1. The van der Waals surface area contributed by atoms with Gasteiger partial charge in [0.05, 0.1) is 17.7 Å². The van der Waals surface area contributed by atoms with E-state index in [1.807, 2.05) is 45.9 Å². The summed E-state index contributed by atoms with van der Waals surface area (Å²) in [5.41, 5.74) is 2.88. The molecule has 1 atom stereocenters. The number of sulfonamides is 1. The summed E-state index contributed by atoms with van der Waals surface area (Å²) < 4.78 is 34.3. The summed E-state index contributed by atoms with van der Waals surface area (Å²) in [6.45, 7) is 7.44. The van der Waals surface area contributed by atoms with Crippen molar-refractivity contribution in [3.8, 4) is 5.75 Å². The van der Waals surface area contributed by atoms with Crippen LogP contribution in [0.25, 0.3) is 0 Å². The average molecular weight is 552 g/mol. The first-order valence-electron chi connectivity index (χ1n) is 13.0.